The average molecular weight is 297 g/mol. The molecule has 3 fully saturated rings. The summed E-state index contributed by atoms with van der Waals surface area (Å²) in [4.78, 5) is 28.5. The van der Waals surface area contributed by atoms with Crippen molar-refractivity contribution in [3.8, 4) is 0 Å². The number of imide groups is 1. The minimum atomic E-state index is -0.589. The molecule has 3 aliphatic rings. The molecule has 6 heteroatoms. The molecule has 1 N–H and O–H groups in total. The van der Waals surface area contributed by atoms with Crippen LogP contribution in [0.3, 0.4) is 0 Å². The third-order valence-electron chi connectivity index (χ3n) is 4.82. The summed E-state index contributed by atoms with van der Waals surface area (Å²) in [6, 6.07) is -0.192. The molecule has 0 aromatic rings. The number of hydrogen-bond donors (Lipinski definition) is 1. The lowest BCUT2D eigenvalue weighted by Crippen LogP contribution is -2.50. The second kappa shape index (κ2) is 5.56. The van der Waals surface area contributed by atoms with Crippen LogP contribution >= 0.6 is 11.8 Å². The van der Waals surface area contributed by atoms with Gasteiger partial charge in [0.2, 0.25) is 0 Å². The first-order valence-corrected chi connectivity index (χ1v) is 8.70. The van der Waals surface area contributed by atoms with Crippen LogP contribution in [0.4, 0.5) is 4.79 Å². The number of nitrogens with zero attached hydrogens (tertiary/aromatic N) is 2. The van der Waals surface area contributed by atoms with Gasteiger partial charge >= 0.3 is 6.03 Å². The lowest BCUT2D eigenvalue weighted by molar-refractivity contribution is -0.134. The highest BCUT2D eigenvalue weighted by atomic mass is 32.2. The maximum Gasteiger partial charge on any atom is 0.326 e. The van der Waals surface area contributed by atoms with Crippen molar-refractivity contribution in [1.82, 2.24) is 15.1 Å². The van der Waals surface area contributed by atoms with E-state index in [1.807, 2.05) is 11.8 Å². The van der Waals surface area contributed by atoms with Crippen molar-refractivity contribution in [2.45, 2.75) is 38.1 Å². The van der Waals surface area contributed by atoms with E-state index in [-0.39, 0.29) is 11.9 Å². The van der Waals surface area contributed by atoms with E-state index in [1.54, 1.807) is 0 Å². The van der Waals surface area contributed by atoms with Crippen molar-refractivity contribution in [3.05, 3.63) is 0 Å². The van der Waals surface area contributed by atoms with Crippen LogP contribution in [0.1, 0.15) is 32.6 Å². The molecule has 1 spiro atoms. The van der Waals surface area contributed by atoms with Crippen LogP contribution in [0.5, 0.6) is 0 Å². The Balaban J connectivity index is 1.67. The molecular formula is C14H23N3O2S. The van der Waals surface area contributed by atoms with E-state index < -0.39 is 5.54 Å². The van der Waals surface area contributed by atoms with Crippen LogP contribution in [0.25, 0.3) is 0 Å². The summed E-state index contributed by atoms with van der Waals surface area (Å²) in [6.07, 6.45) is 3.65. The van der Waals surface area contributed by atoms with E-state index in [4.69, 9.17) is 0 Å². The first-order valence-electron chi connectivity index (χ1n) is 7.55. The second-order valence-corrected chi connectivity index (χ2v) is 7.52. The van der Waals surface area contributed by atoms with E-state index in [1.165, 1.54) is 4.90 Å². The van der Waals surface area contributed by atoms with Crippen molar-refractivity contribution in [3.63, 3.8) is 0 Å². The summed E-state index contributed by atoms with van der Waals surface area (Å²) in [7, 11) is 0. The summed E-state index contributed by atoms with van der Waals surface area (Å²) >= 11 is 1.93. The third-order valence-corrected chi connectivity index (χ3v) is 5.76. The first kappa shape index (κ1) is 14.2. The summed E-state index contributed by atoms with van der Waals surface area (Å²) in [6.45, 7) is 4.61. The zero-order valence-corrected chi connectivity index (χ0v) is 12.9. The van der Waals surface area contributed by atoms with Gasteiger partial charge in [0.15, 0.2) is 0 Å². The predicted octanol–water partition coefficient (Wildman–Crippen LogP) is 1.49. The van der Waals surface area contributed by atoms with Crippen LogP contribution in [-0.4, -0.2) is 58.5 Å². The monoisotopic (exact) mass is 297 g/mol. The fraction of sp³-hybridized carbons (Fsp3) is 0.857. The van der Waals surface area contributed by atoms with E-state index in [0.717, 1.165) is 50.3 Å². The summed E-state index contributed by atoms with van der Waals surface area (Å²) in [5.41, 5.74) is -0.589. The molecule has 1 aliphatic carbocycles. The molecule has 2 saturated heterocycles. The second-order valence-electron chi connectivity index (χ2n) is 6.30. The van der Waals surface area contributed by atoms with Gasteiger partial charge in [-0.25, -0.2) is 9.69 Å². The summed E-state index contributed by atoms with van der Waals surface area (Å²) in [5.74, 6) is 2.85. The van der Waals surface area contributed by atoms with Crippen LogP contribution in [0.15, 0.2) is 0 Å². The highest BCUT2D eigenvalue weighted by Gasteiger charge is 2.52. The minimum Gasteiger partial charge on any atom is -0.323 e. The topological polar surface area (TPSA) is 52.7 Å². The third kappa shape index (κ3) is 2.55. The van der Waals surface area contributed by atoms with Gasteiger partial charge in [0.05, 0.1) is 6.67 Å². The largest absolute Gasteiger partial charge is 0.326 e. The zero-order chi connectivity index (χ0) is 14.2. The highest BCUT2D eigenvalue weighted by Crippen LogP contribution is 2.36. The van der Waals surface area contributed by atoms with Crippen LogP contribution in [-0.2, 0) is 4.79 Å². The van der Waals surface area contributed by atoms with Gasteiger partial charge in [-0.1, -0.05) is 6.92 Å². The number of urea groups is 1. The van der Waals surface area contributed by atoms with Gasteiger partial charge < -0.3 is 5.32 Å². The Labute approximate surface area is 124 Å². The maximum atomic E-state index is 12.7. The number of rotatable bonds is 2. The fourth-order valence-electron chi connectivity index (χ4n) is 3.34. The van der Waals surface area contributed by atoms with E-state index >= 15 is 0 Å². The van der Waals surface area contributed by atoms with Gasteiger partial charge in [0.25, 0.3) is 5.91 Å². The SMILES string of the molecule is CC1CCC2(CC1)NC(=O)N(CN1CCSCC1)C2=O. The van der Waals surface area contributed by atoms with Crippen molar-refractivity contribution < 1.29 is 9.59 Å². The van der Waals surface area contributed by atoms with Crippen LogP contribution < -0.4 is 5.32 Å². The number of hydrogen-bond acceptors (Lipinski definition) is 4. The Morgan fingerprint density at radius 2 is 1.90 bits per heavy atom. The zero-order valence-electron chi connectivity index (χ0n) is 12.1. The van der Waals surface area contributed by atoms with Crippen molar-refractivity contribution in [2.75, 3.05) is 31.3 Å². The van der Waals surface area contributed by atoms with Crippen molar-refractivity contribution >= 4 is 23.7 Å². The molecule has 2 aliphatic heterocycles. The molecule has 1 saturated carbocycles. The molecule has 2 heterocycles. The standard InChI is InChI=1S/C14H23N3O2S/c1-11-2-4-14(5-3-11)12(18)17(13(19)15-14)10-16-6-8-20-9-7-16/h11H,2-10H2,1H3,(H,15,19). The summed E-state index contributed by atoms with van der Waals surface area (Å²) in [5, 5.41) is 2.98. The Kier molecular flexibility index (Phi) is 3.95. The molecule has 0 bridgehead atoms. The lowest BCUT2D eigenvalue weighted by atomic mass is 9.77. The maximum absolute atomic E-state index is 12.7. The molecule has 3 amide bonds. The predicted molar refractivity (Wildman–Crippen MR) is 79.5 cm³/mol. The first-order chi connectivity index (χ1) is 9.61. The molecule has 0 aromatic heterocycles. The van der Waals surface area contributed by atoms with Gasteiger partial charge in [0, 0.05) is 24.6 Å². The molecule has 0 unspecified atom stereocenters. The van der Waals surface area contributed by atoms with Crippen LogP contribution in [0, 0.1) is 5.92 Å². The highest BCUT2D eigenvalue weighted by molar-refractivity contribution is 7.99. The number of nitrogens with one attached hydrogen (secondary N) is 1. The molecule has 112 valence electrons. The van der Waals surface area contributed by atoms with Gasteiger partial charge in [-0.15, -0.1) is 0 Å². The quantitative estimate of drug-likeness (QED) is 0.785. The van der Waals surface area contributed by atoms with Crippen molar-refractivity contribution in [1.29, 1.82) is 0 Å². The van der Waals surface area contributed by atoms with Gasteiger partial charge in [-0.05, 0) is 31.6 Å². The molecular weight excluding hydrogens is 274 g/mol. The normalized spacial score (nSPS) is 35.6. The van der Waals surface area contributed by atoms with E-state index in [0.29, 0.717) is 12.6 Å². The Hall–Kier alpha value is -0.750. The smallest absolute Gasteiger partial charge is 0.323 e. The van der Waals surface area contributed by atoms with E-state index in [9.17, 15) is 9.59 Å². The Bertz CT molecular complexity index is 401. The molecule has 3 rings (SSSR count). The Morgan fingerprint density at radius 1 is 1.25 bits per heavy atom. The lowest BCUT2D eigenvalue weighted by Gasteiger charge is -2.34. The number of amides is 3. The molecule has 0 radical (unpaired) electrons. The minimum absolute atomic E-state index is 0.00706. The van der Waals surface area contributed by atoms with Gasteiger partial charge in [-0.3, -0.25) is 9.69 Å². The number of carbonyl (C=O) groups excluding carboxylic acids is 2. The summed E-state index contributed by atoms with van der Waals surface area (Å²) < 4.78 is 0. The average Bonchev–Trinajstić information content (AvgIpc) is 2.68. The number of thioether (sulfide) groups is 1. The molecule has 5 nitrogen and oxygen atoms in total. The van der Waals surface area contributed by atoms with Gasteiger partial charge in [0.1, 0.15) is 5.54 Å². The fourth-order valence-corrected chi connectivity index (χ4v) is 4.32. The molecule has 0 atom stereocenters. The molecule has 20 heavy (non-hydrogen) atoms. The Morgan fingerprint density at radius 3 is 2.55 bits per heavy atom. The van der Waals surface area contributed by atoms with Crippen LogP contribution in [0.2, 0.25) is 0 Å². The van der Waals surface area contributed by atoms with Crippen molar-refractivity contribution in [2.24, 2.45) is 5.92 Å². The van der Waals surface area contributed by atoms with Gasteiger partial charge in [-0.2, -0.15) is 11.8 Å². The molecule has 0 aromatic carbocycles. The number of carbonyl (C=O) groups is 2. The van der Waals surface area contributed by atoms with E-state index in [2.05, 4.69) is 17.1 Å².